The van der Waals surface area contributed by atoms with Gasteiger partial charge in [0.1, 0.15) is 5.82 Å². The largest absolute Gasteiger partial charge is 0.342 e. The van der Waals surface area contributed by atoms with E-state index in [1.807, 2.05) is 23.2 Å². The summed E-state index contributed by atoms with van der Waals surface area (Å²) < 4.78 is 13.0. The molecule has 2 aromatic rings. The first-order chi connectivity index (χ1) is 10.6. The number of rotatable bonds is 2. The number of likely N-dealkylation sites (tertiary alicyclic amines) is 1. The van der Waals surface area contributed by atoms with Crippen LogP contribution in [0.15, 0.2) is 42.6 Å². The van der Waals surface area contributed by atoms with E-state index in [1.54, 1.807) is 19.1 Å². The molecule has 1 aromatic carbocycles. The minimum Gasteiger partial charge on any atom is -0.342 e. The molecule has 1 fully saturated rings. The monoisotopic (exact) mass is 298 g/mol. The summed E-state index contributed by atoms with van der Waals surface area (Å²) in [6, 6.07) is 10.5. The summed E-state index contributed by atoms with van der Waals surface area (Å²) >= 11 is 0. The van der Waals surface area contributed by atoms with E-state index in [0.717, 1.165) is 42.8 Å². The minimum absolute atomic E-state index is 0.132. The molecule has 3 rings (SSSR count). The summed E-state index contributed by atoms with van der Waals surface area (Å²) in [5, 5.41) is 0. The Morgan fingerprint density at radius 2 is 1.91 bits per heavy atom. The van der Waals surface area contributed by atoms with Crippen molar-refractivity contribution in [3.63, 3.8) is 0 Å². The summed E-state index contributed by atoms with van der Waals surface area (Å²) in [5.74, 6) is 0.201. The number of halogens is 1. The molecule has 1 aliphatic heterocycles. The maximum atomic E-state index is 13.0. The van der Waals surface area contributed by atoms with Crippen LogP contribution in [0.25, 0.3) is 11.1 Å². The van der Waals surface area contributed by atoms with Crippen LogP contribution in [0.3, 0.4) is 0 Å². The van der Waals surface area contributed by atoms with Gasteiger partial charge in [-0.05, 0) is 36.6 Å². The molecule has 1 saturated heterocycles. The van der Waals surface area contributed by atoms with Gasteiger partial charge in [0.25, 0.3) is 0 Å². The van der Waals surface area contributed by atoms with Gasteiger partial charge in [0, 0.05) is 43.4 Å². The van der Waals surface area contributed by atoms with E-state index < -0.39 is 0 Å². The lowest BCUT2D eigenvalue weighted by molar-refractivity contribution is -0.130. The molecule has 1 amide bonds. The number of nitrogens with zero attached hydrogens (tertiary/aromatic N) is 2. The molecule has 1 aromatic heterocycles. The van der Waals surface area contributed by atoms with E-state index in [4.69, 9.17) is 0 Å². The molecule has 0 aliphatic carbocycles. The van der Waals surface area contributed by atoms with E-state index in [0.29, 0.717) is 5.92 Å². The van der Waals surface area contributed by atoms with Crippen LogP contribution in [0.1, 0.15) is 31.4 Å². The summed E-state index contributed by atoms with van der Waals surface area (Å²) in [7, 11) is 0. The first-order valence-corrected chi connectivity index (χ1v) is 7.61. The molecule has 3 nitrogen and oxygen atoms in total. The van der Waals surface area contributed by atoms with Crippen LogP contribution in [0.4, 0.5) is 4.39 Å². The lowest BCUT2D eigenvalue weighted by atomic mass is 9.93. The van der Waals surface area contributed by atoms with Crippen molar-refractivity contribution in [2.75, 3.05) is 13.1 Å². The van der Waals surface area contributed by atoms with Crippen molar-refractivity contribution in [2.24, 2.45) is 0 Å². The van der Waals surface area contributed by atoms with Gasteiger partial charge in [-0.15, -0.1) is 0 Å². The van der Waals surface area contributed by atoms with Gasteiger partial charge >= 0.3 is 0 Å². The summed E-state index contributed by atoms with van der Waals surface area (Å²) in [6.07, 6.45) is 3.91. The van der Waals surface area contributed by atoms with Crippen LogP contribution in [0, 0.1) is 5.82 Å². The van der Waals surface area contributed by atoms with Crippen LogP contribution in [-0.2, 0) is 4.79 Å². The van der Waals surface area contributed by atoms with E-state index in [1.165, 1.54) is 12.1 Å². The molecule has 1 aliphatic rings. The second-order valence-corrected chi connectivity index (χ2v) is 5.78. The third-order valence-electron chi connectivity index (χ3n) is 4.25. The van der Waals surface area contributed by atoms with Gasteiger partial charge in [0.15, 0.2) is 0 Å². The molecule has 4 heteroatoms. The van der Waals surface area contributed by atoms with Gasteiger partial charge in [-0.25, -0.2) is 4.39 Å². The second-order valence-electron chi connectivity index (χ2n) is 5.78. The smallest absolute Gasteiger partial charge is 0.219 e. The van der Waals surface area contributed by atoms with Crippen molar-refractivity contribution < 1.29 is 9.18 Å². The zero-order chi connectivity index (χ0) is 15.5. The molecule has 22 heavy (non-hydrogen) atoms. The van der Waals surface area contributed by atoms with Gasteiger partial charge in [0.2, 0.25) is 5.91 Å². The molecule has 0 N–H and O–H groups in total. The van der Waals surface area contributed by atoms with Crippen molar-refractivity contribution in [1.29, 1.82) is 0 Å². The molecule has 0 saturated carbocycles. The van der Waals surface area contributed by atoms with Crippen molar-refractivity contribution in [1.82, 2.24) is 9.88 Å². The maximum absolute atomic E-state index is 13.0. The second kappa shape index (κ2) is 6.26. The molecule has 0 spiro atoms. The zero-order valence-corrected chi connectivity index (χ0v) is 12.6. The molecule has 1 atom stereocenters. The molecule has 114 valence electrons. The zero-order valence-electron chi connectivity index (χ0n) is 12.6. The summed E-state index contributed by atoms with van der Waals surface area (Å²) in [6.45, 7) is 3.21. The van der Waals surface area contributed by atoms with Gasteiger partial charge < -0.3 is 4.90 Å². The summed E-state index contributed by atoms with van der Waals surface area (Å²) in [5.41, 5.74) is 2.95. The average Bonchev–Trinajstić information content (AvgIpc) is 2.56. The van der Waals surface area contributed by atoms with Crippen molar-refractivity contribution in [2.45, 2.75) is 25.7 Å². The number of hydrogen-bond donors (Lipinski definition) is 0. The van der Waals surface area contributed by atoms with Crippen LogP contribution < -0.4 is 0 Å². The number of pyridine rings is 1. The van der Waals surface area contributed by atoms with Crippen molar-refractivity contribution in [3.05, 3.63) is 54.1 Å². The molecular formula is C18H19FN2O. The molecule has 0 unspecified atom stereocenters. The Morgan fingerprint density at radius 1 is 1.18 bits per heavy atom. The lowest BCUT2D eigenvalue weighted by Gasteiger charge is -2.31. The van der Waals surface area contributed by atoms with Crippen molar-refractivity contribution in [3.8, 4) is 11.1 Å². The highest BCUT2D eigenvalue weighted by atomic mass is 19.1. The van der Waals surface area contributed by atoms with Gasteiger partial charge in [-0.2, -0.15) is 0 Å². The first kappa shape index (κ1) is 14.7. The van der Waals surface area contributed by atoms with E-state index in [-0.39, 0.29) is 11.7 Å². The van der Waals surface area contributed by atoms with E-state index in [9.17, 15) is 9.18 Å². The predicted octanol–water partition coefficient (Wildman–Crippen LogP) is 3.61. The normalized spacial score (nSPS) is 18.3. The third-order valence-corrected chi connectivity index (χ3v) is 4.25. The first-order valence-electron chi connectivity index (χ1n) is 7.61. The maximum Gasteiger partial charge on any atom is 0.219 e. The quantitative estimate of drug-likeness (QED) is 0.848. The van der Waals surface area contributed by atoms with Crippen LogP contribution in [0.2, 0.25) is 0 Å². The number of piperidine rings is 1. The lowest BCUT2D eigenvalue weighted by Crippen LogP contribution is -2.37. The Hall–Kier alpha value is -2.23. The van der Waals surface area contributed by atoms with E-state index >= 15 is 0 Å². The topological polar surface area (TPSA) is 33.2 Å². The Morgan fingerprint density at radius 3 is 2.55 bits per heavy atom. The van der Waals surface area contributed by atoms with Crippen LogP contribution in [0.5, 0.6) is 0 Å². The number of hydrogen-bond acceptors (Lipinski definition) is 2. The number of amides is 1. The number of aromatic nitrogens is 1. The Bertz CT molecular complexity index is 652. The van der Waals surface area contributed by atoms with E-state index in [2.05, 4.69) is 4.98 Å². The third kappa shape index (κ3) is 3.16. The number of carbonyl (C=O) groups is 1. The van der Waals surface area contributed by atoms with Gasteiger partial charge in [-0.1, -0.05) is 18.2 Å². The standard InChI is InChI=1S/C18H19FN2O/c1-13(22)21-10-2-3-16(12-21)18-9-6-15(11-20-18)14-4-7-17(19)8-5-14/h4-9,11,16H,2-3,10,12H2,1H3/t16-/m1/s1. The van der Waals surface area contributed by atoms with Gasteiger partial charge in [-0.3, -0.25) is 9.78 Å². The van der Waals surface area contributed by atoms with Gasteiger partial charge in [0.05, 0.1) is 0 Å². The average molecular weight is 298 g/mol. The van der Waals surface area contributed by atoms with Crippen LogP contribution in [-0.4, -0.2) is 28.9 Å². The highest BCUT2D eigenvalue weighted by Crippen LogP contribution is 2.27. The molecule has 2 heterocycles. The SMILES string of the molecule is CC(=O)N1CCC[C@@H](c2ccc(-c3ccc(F)cc3)cn2)C1. The predicted molar refractivity (Wildman–Crippen MR) is 83.9 cm³/mol. The van der Waals surface area contributed by atoms with Crippen LogP contribution >= 0.6 is 0 Å². The number of carbonyl (C=O) groups excluding carboxylic acids is 1. The highest BCUT2D eigenvalue weighted by Gasteiger charge is 2.23. The molecular weight excluding hydrogens is 279 g/mol. The number of benzene rings is 1. The minimum atomic E-state index is -0.236. The fraction of sp³-hybridized carbons (Fsp3) is 0.333. The Labute approximate surface area is 129 Å². The fourth-order valence-corrected chi connectivity index (χ4v) is 2.96. The molecule has 0 radical (unpaired) electrons. The molecule has 0 bridgehead atoms. The Balaban J connectivity index is 1.76. The highest BCUT2D eigenvalue weighted by molar-refractivity contribution is 5.73. The van der Waals surface area contributed by atoms with Crippen molar-refractivity contribution >= 4 is 5.91 Å². The summed E-state index contributed by atoms with van der Waals surface area (Å²) in [4.78, 5) is 18.0. The fourth-order valence-electron chi connectivity index (χ4n) is 2.96. The Kier molecular flexibility index (Phi) is 4.18.